The van der Waals surface area contributed by atoms with Gasteiger partial charge in [0.25, 0.3) is 5.91 Å². The highest BCUT2D eigenvalue weighted by Gasteiger charge is 2.33. The van der Waals surface area contributed by atoms with Crippen molar-refractivity contribution in [3.8, 4) is 6.07 Å². The lowest BCUT2D eigenvalue weighted by atomic mass is 9.91. The molecule has 2 aliphatic rings. The largest absolute Gasteiger partial charge is 0.333 e. The molecule has 4 heteroatoms. The summed E-state index contributed by atoms with van der Waals surface area (Å²) < 4.78 is 0. The molecule has 3 rings (SSSR count). The molecule has 1 aromatic rings. The van der Waals surface area contributed by atoms with Gasteiger partial charge >= 0.3 is 0 Å². The third-order valence-electron chi connectivity index (χ3n) is 3.53. The average molecular weight is 227 g/mol. The Balaban J connectivity index is 2.03. The monoisotopic (exact) mass is 227 g/mol. The second-order valence-electron chi connectivity index (χ2n) is 4.54. The van der Waals surface area contributed by atoms with Gasteiger partial charge in [0.1, 0.15) is 0 Å². The molecule has 0 unspecified atom stereocenters. The molecule has 1 aromatic carbocycles. The number of rotatable bonds is 0. The third kappa shape index (κ3) is 1.60. The summed E-state index contributed by atoms with van der Waals surface area (Å²) in [4.78, 5) is 14.2. The van der Waals surface area contributed by atoms with Gasteiger partial charge in [-0.1, -0.05) is 0 Å². The number of nitrogens with zero attached hydrogens (tertiary/aromatic N) is 2. The van der Waals surface area contributed by atoms with Crippen LogP contribution >= 0.6 is 0 Å². The molecule has 1 saturated heterocycles. The number of nitriles is 1. The zero-order chi connectivity index (χ0) is 11.8. The molecule has 1 atom stereocenters. The summed E-state index contributed by atoms with van der Waals surface area (Å²) in [5, 5.41) is 12.2. The number of amides is 1. The fraction of sp³-hybridized carbons (Fsp3) is 0.385. The Hall–Kier alpha value is -1.86. The maximum Gasteiger partial charge on any atom is 0.254 e. The van der Waals surface area contributed by atoms with Crippen molar-refractivity contribution < 1.29 is 4.79 Å². The van der Waals surface area contributed by atoms with Crippen LogP contribution in [-0.2, 0) is 6.42 Å². The van der Waals surface area contributed by atoms with Gasteiger partial charge in [-0.05, 0) is 30.2 Å². The molecule has 0 aromatic heterocycles. The first-order chi connectivity index (χ1) is 8.29. The minimum atomic E-state index is 0.113. The van der Waals surface area contributed by atoms with Crippen LogP contribution in [-0.4, -0.2) is 36.5 Å². The zero-order valence-electron chi connectivity index (χ0n) is 9.44. The maximum atomic E-state index is 12.3. The van der Waals surface area contributed by atoms with Gasteiger partial charge in [-0.25, -0.2) is 0 Å². The van der Waals surface area contributed by atoms with E-state index in [4.69, 9.17) is 5.26 Å². The summed E-state index contributed by atoms with van der Waals surface area (Å²) in [6, 6.07) is 7.73. The lowest BCUT2D eigenvalue weighted by Crippen LogP contribution is -2.56. The van der Waals surface area contributed by atoms with Gasteiger partial charge < -0.3 is 10.2 Å². The topological polar surface area (TPSA) is 56.1 Å². The molecule has 0 radical (unpaired) electrons. The van der Waals surface area contributed by atoms with E-state index in [1.54, 1.807) is 12.1 Å². The Morgan fingerprint density at radius 1 is 1.47 bits per heavy atom. The zero-order valence-corrected chi connectivity index (χ0v) is 9.44. The van der Waals surface area contributed by atoms with E-state index in [-0.39, 0.29) is 11.9 Å². The highest BCUT2D eigenvalue weighted by molar-refractivity contribution is 5.97. The van der Waals surface area contributed by atoms with Crippen LogP contribution in [0, 0.1) is 11.3 Å². The summed E-state index contributed by atoms with van der Waals surface area (Å²) in [6.07, 6.45) is 0.851. The predicted octanol–water partition coefficient (Wildman–Crippen LogP) is 0.528. The van der Waals surface area contributed by atoms with Crippen molar-refractivity contribution in [1.82, 2.24) is 10.2 Å². The Morgan fingerprint density at radius 2 is 2.35 bits per heavy atom. The first-order valence-electron chi connectivity index (χ1n) is 5.84. The lowest BCUT2D eigenvalue weighted by molar-refractivity contribution is 0.0606. The van der Waals surface area contributed by atoms with Crippen molar-refractivity contribution in [2.75, 3.05) is 19.6 Å². The molecule has 17 heavy (non-hydrogen) atoms. The summed E-state index contributed by atoms with van der Waals surface area (Å²) in [6.45, 7) is 2.50. The highest BCUT2D eigenvalue weighted by atomic mass is 16.2. The number of fused-ring (bicyclic) bond motifs is 2. The van der Waals surface area contributed by atoms with E-state index in [1.165, 1.54) is 0 Å². The number of piperazine rings is 1. The second-order valence-corrected chi connectivity index (χ2v) is 4.54. The Labute approximate surface area is 99.8 Å². The normalized spacial score (nSPS) is 22.6. The van der Waals surface area contributed by atoms with Gasteiger partial charge in [0.2, 0.25) is 0 Å². The molecule has 4 nitrogen and oxygen atoms in total. The third-order valence-corrected chi connectivity index (χ3v) is 3.53. The van der Waals surface area contributed by atoms with Crippen molar-refractivity contribution in [2.45, 2.75) is 12.5 Å². The maximum absolute atomic E-state index is 12.3. The Kier molecular flexibility index (Phi) is 2.34. The molecule has 0 bridgehead atoms. The minimum Gasteiger partial charge on any atom is -0.333 e. The van der Waals surface area contributed by atoms with Gasteiger partial charge in [-0.2, -0.15) is 5.26 Å². The molecule has 2 heterocycles. The molecule has 1 amide bonds. The molecule has 1 N–H and O–H groups in total. The molecular formula is C13H13N3O. The summed E-state index contributed by atoms with van der Waals surface area (Å²) in [7, 11) is 0. The number of benzene rings is 1. The second kappa shape index (κ2) is 3.86. The SMILES string of the molecule is N#Cc1ccc2c(c1)C[C@@H]1CNCCN1C2=O. The first kappa shape index (κ1) is 10.3. The number of hydrogen-bond acceptors (Lipinski definition) is 3. The quantitative estimate of drug-likeness (QED) is 0.703. The van der Waals surface area contributed by atoms with Crippen molar-refractivity contribution in [2.24, 2.45) is 0 Å². The van der Waals surface area contributed by atoms with E-state index >= 15 is 0 Å². The van der Waals surface area contributed by atoms with Crippen molar-refractivity contribution >= 4 is 5.91 Å². The molecule has 0 saturated carbocycles. The predicted molar refractivity (Wildman–Crippen MR) is 62.6 cm³/mol. The summed E-state index contributed by atoms with van der Waals surface area (Å²) >= 11 is 0. The van der Waals surface area contributed by atoms with Gasteiger partial charge in [0, 0.05) is 31.2 Å². The lowest BCUT2D eigenvalue weighted by Gasteiger charge is -2.40. The van der Waals surface area contributed by atoms with Crippen LogP contribution in [0.25, 0.3) is 0 Å². The van der Waals surface area contributed by atoms with E-state index in [2.05, 4.69) is 11.4 Å². The first-order valence-corrected chi connectivity index (χ1v) is 5.84. The molecule has 0 aliphatic carbocycles. The Bertz CT molecular complexity index is 518. The van der Waals surface area contributed by atoms with Gasteiger partial charge in [-0.15, -0.1) is 0 Å². The molecule has 1 fully saturated rings. The van der Waals surface area contributed by atoms with Crippen LogP contribution in [0.4, 0.5) is 0 Å². The van der Waals surface area contributed by atoms with Crippen LogP contribution in [0.3, 0.4) is 0 Å². The molecule has 2 aliphatic heterocycles. The van der Waals surface area contributed by atoms with E-state index in [0.717, 1.165) is 37.2 Å². The molecule has 86 valence electrons. The molecular weight excluding hydrogens is 214 g/mol. The number of carbonyl (C=O) groups excluding carboxylic acids is 1. The fourth-order valence-electron chi connectivity index (χ4n) is 2.66. The van der Waals surface area contributed by atoms with Crippen molar-refractivity contribution in [3.05, 3.63) is 34.9 Å². The standard InChI is InChI=1S/C13H13N3O/c14-7-9-1-2-12-10(5-9)6-11-8-15-3-4-16(11)13(12)17/h1-2,5,11,15H,3-4,6,8H2/t11-/m1/s1. The van der Waals surface area contributed by atoms with Gasteiger partial charge in [0.15, 0.2) is 0 Å². The van der Waals surface area contributed by atoms with Gasteiger partial charge in [-0.3, -0.25) is 4.79 Å². The highest BCUT2D eigenvalue weighted by Crippen LogP contribution is 2.25. The number of nitrogens with one attached hydrogen (secondary N) is 1. The summed E-state index contributed by atoms with van der Waals surface area (Å²) in [5.41, 5.74) is 2.41. The van der Waals surface area contributed by atoms with Crippen LogP contribution in [0.5, 0.6) is 0 Å². The number of hydrogen-bond donors (Lipinski definition) is 1. The van der Waals surface area contributed by atoms with E-state index in [1.807, 2.05) is 11.0 Å². The van der Waals surface area contributed by atoms with E-state index in [9.17, 15) is 4.79 Å². The number of carbonyl (C=O) groups is 1. The fourth-order valence-corrected chi connectivity index (χ4v) is 2.66. The van der Waals surface area contributed by atoms with E-state index < -0.39 is 0 Å². The smallest absolute Gasteiger partial charge is 0.254 e. The van der Waals surface area contributed by atoms with Crippen LogP contribution in [0.1, 0.15) is 21.5 Å². The minimum absolute atomic E-state index is 0.113. The van der Waals surface area contributed by atoms with Crippen LogP contribution in [0.15, 0.2) is 18.2 Å². The summed E-state index contributed by atoms with van der Waals surface area (Å²) in [5.74, 6) is 0.113. The van der Waals surface area contributed by atoms with Crippen LogP contribution < -0.4 is 5.32 Å². The van der Waals surface area contributed by atoms with Crippen molar-refractivity contribution in [3.63, 3.8) is 0 Å². The molecule has 0 spiro atoms. The van der Waals surface area contributed by atoms with E-state index in [0.29, 0.717) is 5.56 Å². The van der Waals surface area contributed by atoms with Gasteiger partial charge in [0.05, 0.1) is 11.6 Å². The van der Waals surface area contributed by atoms with Crippen molar-refractivity contribution in [1.29, 1.82) is 5.26 Å². The Morgan fingerprint density at radius 3 is 3.18 bits per heavy atom. The van der Waals surface area contributed by atoms with Crippen LogP contribution in [0.2, 0.25) is 0 Å². The average Bonchev–Trinajstić information content (AvgIpc) is 2.38.